The predicted molar refractivity (Wildman–Crippen MR) is 86.2 cm³/mol. The van der Waals surface area contributed by atoms with Gasteiger partial charge in [-0.2, -0.15) is 0 Å². The standard InChI is InChI=1S/C16H15ClN2O3/c1-2-13(11-6-4-3-5-7-11)16(20)18-15-9-8-12(19(21)22)10-14(15)17/h3-10,13H,2H2,1H3,(H,18,20). The highest BCUT2D eigenvalue weighted by molar-refractivity contribution is 6.34. The number of nitro benzene ring substituents is 1. The van der Waals surface area contributed by atoms with E-state index in [9.17, 15) is 14.9 Å². The minimum Gasteiger partial charge on any atom is -0.324 e. The van der Waals surface area contributed by atoms with E-state index in [4.69, 9.17) is 11.6 Å². The lowest BCUT2D eigenvalue weighted by Crippen LogP contribution is -2.20. The molecule has 22 heavy (non-hydrogen) atoms. The number of nitrogens with zero attached hydrogens (tertiary/aromatic N) is 1. The van der Waals surface area contributed by atoms with Crippen LogP contribution in [0.15, 0.2) is 48.5 Å². The zero-order chi connectivity index (χ0) is 16.1. The number of nitro groups is 1. The van der Waals surface area contributed by atoms with Crippen molar-refractivity contribution in [1.82, 2.24) is 0 Å². The molecule has 1 unspecified atom stereocenters. The molecule has 5 nitrogen and oxygen atoms in total. The SMILES string of the molecule is CCC(C(=O)Nc1ccc([N+](=O)[O-])cc1Cl)c1ccccc1. The fourth-order valence-electron chi connectivity index (χ4n) is 2.20. The summed E-state index contributed by atoms with van der Waals surface area (Å²) in [5, 5.41) is 13.6. The summed E-state index contributed by atoms with van der Waals surface area (Å²) in [6.45, 7) is 1.93. The van der Waals surface area contributed by atoms with Crippen molar-refractivity contribution in [2.45, 2.75) is 19.3 Å². The van der Waals surface area contributed by atoms with Gasteiger partial charge in [0, 0.05) is 12.1 Å². The summed E-state index contributed by atoms with van der Waals surface area (Å²) in [5.74, 6) is -0.489. The van der Waals surface area contributed by atoms with Gasteiger partial charge in [-0.25, -0.2) is 0 Å². The zero-order valence-electron chi connectivity index (χ0n) is 12.0. The predicted octanol–water partition coefficient (Wildman–Crippen LogP) is 4.38. The number of carbonyl (C=O) groups is 1. The van der Waals surface area contributed by atoms with Crippen molar-refractivity contribution in [3.05, 3.63) is 69.2 Å². The van der Waals surface area contributed by atoms with Gasteiger partial charge in [-0.05, 0) is 18.1 Å². The average molecular weight is 319 g/mol. The molecule has 114 valence electrons. The van der Waals surface area contributed by atoms with Crippen LogP contribution in [0.3, 0.4) is 0 Å². The summed E-state index contributed by atoms with van der Waals surface area (Å²) >= 11 is 5.99. The molecule has 0 saturated heterocycles. The lowest BCUT2D eigenvalue weighted by atomic mass is 9.95. The van der Waals surface area contributed by atoms with E-state index < -0.39 is 4.92 Å². The Labute approximate surface area is 133 Å². The monoisotopic (exact) mass is 318 g/mol. The van der Waals surface area contributed by atoms with E-state index in [1.807, 2.05) is 37.3 Å². The fraction of sp³-hybridized carbons (Fsp3) is 0.188. The molecular formula is C16H15ClN2O3. The van der Waals surface area contributed by atoms with Crippen LogP contribution in [0.4, 0.5) is 11.4 Å². The lowest BCUT2D eigenvalue weighted by molar-refractivity contribution is -0.384. The number of hydrogen-bond donors (Lipinski definition) is 1. The topological polar surface area (TPSA) is 72.2 Å². The van der Waals surface area contributed by atoms with Gasteiger partial charge < -0.3 is 5.32 Å². The van der Waals surface area contributed by atoms with E-state index in [1.54, 1.807) is 0 Å². The van der Waals surface area contributed by atoms with Gasteiger partial charge in [-0.1, -0.05) is 48.9 Å². The number of halogens is 1. The molecule has 2 aromatic carbocycles. The first kappa shape index (κ1) is 16.0. The van der Waals surface area contributed by atoms with Gasteiger partial charge >= 0.3 is 0 Å². The largest absolute Gasteiger partial charge is 0.324 e. The van der Waals surface area contributed by atoms with Crippen LogP contribution in [0, 0.1) is 10.1 Å². The van der Waals surface area contributed by atoms with Crippen LogP contribution in [0.25, 0.3) is 0 Å². The van der Waals surface area contributed by atoms with Gasteiger partial charge in [0.2, 0.25) is 5.91 Å². The molecule has 0 spiro atoms. The summed E-state index contributed by atoms with van der Waals surface area (Å²) in [6, 6.07) is 13.4. The maximum absolute atomic E-state index is 12.4. The second-order valence-electron chi connectivity index (χ2n) is 4.78. The van der Waals surface area contributed by atoms with Crippen molar-refractivity contribution in [3.8, 4) is 0 Å². The van der Waals surface area contributed by atoms with Crippen molar-refractivity contribution < 1.29 is 9.72 Å². The van der Waals surface area contributed by atoms with E-state index >= 15 is 0 Å². The third-order valence-corrected chi connectivity index (χ3v) is 3.66. The number of amides is 1. The van der Waals surface area contributed by atoms with Gasteiger partial charge in [-0.3, -0.25) is 14.9 Å². The number of rotatable bonds is 5. The number of hydrogen-bond acceptors (Lipinski definition) is 3. The normalized spacial score (nSPS) is 11.7. The molecule has 0 aromatic heterocycles. The highest BCUT2D eigenvalue weighted by Gasteiger charge is 2.20. The Morgan fingerprint density at radius 3 is 2.50 bits per heavy atom. The van der Waals surface area contributed by atoms with Crippen LogP contribution in [0.2, 0.25) is 5.02 Å². The minimum atomic E-state index is -0.531. The zero-order valence-corrected chi connectivity index (χ0v) is 12.7. The highest BCUT2D eigenvalue weighted by atomic mass is 35.5. The molecular weight excluding hydrogens is 304 g/mol. The van der Waals surface area contributed by atoms with Crippen LogP contribution in [0.1, 0.15) is 24.8 Å². The van der Waals surface area contributed by atoms with Crippen LogP contribution in [-0.2, 0) is 4.79 Å². The van der Waals surface area contributed by atoms with Gasteiger partial charge in [-0.15, -0.1) is 0 Å². The highest BCUT2D eigenvalue weighted by Crippen LogP contribution is 2.28. The Morgan fingerprint density at radius 2 is 1.95 bits per heavy atom. The van der Waals surface area contributed by atoms with Crippen molar-refractivity contribution >= 4 is 28.9 Å². The summed E-state index contributed by atoms with van der Waals surface area (Å²) in [4.78, 5) is 22.6. The second-order valence-corrected chi connectivity index (χ2v) is 5.19. The third kappa shape index (κ3) is 3.62. The molecule has 2 rings (SSSR count). The molecule has 0 fully saturated rings. The number of anilines is 1. The number of non-ortho nitro benzene ring substituents is 1. The molecule has 6 heteroatoms. The van der Waals surface area contributed by atoms with Crippen LogP contribution in [0.5, 0.6) is 0 Å². The molecule has 0 bridgehead atoms. The Kier molecular flexibility index (Phi) is 5.12. The van der Waals surface area contributed by atoms with Crippen molar-refractivity contribution in [3.63, 3.8) is 0 Å². The Hall–Kier alpha value is -2.40. The summed E-state index contributed by atoms with van der Waals surface area (Å²) in [5.41, 5.74) is 1.17. The van der Waals surface area contributed by atoms with Gasteiger partial charge in [0.05, 0.1) is 21.6 Å². The van der Waals surface area contributed by atoms with Crippen LogP contribution in [-0.4, -0.2) is 10.8 Å². The number of nitrogens with one attached hydrogen (secondary N) is 1. The van der Waals surface area contributed by atoms with E-state index in [-0.39, 0.29) is 22.5 Å². The fourth-order valence-corrected chi connectivity index (χ4v) is 2.42. The molecule has 2 aromatic rings. The van der Waals surface area contributed by atoms with Gasteiger partial charge in [0.25, 0.3) is 5.69 Å². The van der Waals surface area contributed by atoms with Crippen LogP contribution >= 0.6 is 11.6 Å². The molecule has 1 atom stereocenters. The maximum Gasteiger partial charge on any atom is 0.271 e. The van der Waals surface area contributed by atoms with Crippen molar-refractivity contribution in [2.75, 3.05) is 5.32 Å². The van der Waals surface area contributed by atoms with E-state index in [0.717, 1.165) is 5.56 Å². The van der Waals surface area contributed by atoms with Crippen molar-refractivity contribution in [1.29, 1.82) is 0 Å². The maximum atomic E-state index is 12.4. The molecule has 0 radical (unpaired) electrons. The first-order chi connectivity index (χ1) is 10.5. The first-order valence-corrected chi connectivity index (χ1v) is 7.20. The quantitative estimate of drug-likeness (QED) is 0.656. The molecule has 0 aliphatic heterocycles. The van der Waals surface area contributed by atoms with E-state index in [1.165, 1.54) is 18.2 Å². The number of benzene rings is 2. The Balaban J connectivity index is 2.19. The summed E-state index contributed by atoms with van der Waals surface area (Å²) in [7, 11) is 0. The number of carbonyl (C=O) groups excluding carboxylic acids is 1. The van der Waals surface area contributed by atoms with E-state index in [0.29, 0.717) is 12.1 Å². The average Bonchev–Trinajstić information content (AvgIpc) is 2.51. The molecule has 1 amide bonds. The molecule has 1 N–H and O–H groups in total. The molecule has 0 aliphatic rings. The second kappa shape index (κ2) is 7.04. The van der Waals surface area contributed by atoms with E-state index in [2.05, 4.69) is 5.32 Å². The lowest BCUT2D eigenvalue weighted by Gasteiger charge is -2.16. The Morgan fingerprint density at radius 1 is 1.27 bits per heavy atom. The minimum absolute atomic E-state index is 0.113. The van der Waals surface area contributed by atoms with Crippen LogP contribution < -0.4 is 5.32 Å². The smallest absolute Gasteiger partial charge is 0.271 e. The first-order valence-electron chi connectivity index (χ1n) is 6.82. The van der Waals surface area contributed by atoms with Crippen molar-refractivity contribution in [2.24, 2.45) is 0 Å². The summed E-state index contributed by atoms with van der Waals surface area (Å²) < 4.78 is 0. The molecule has 0 heterocycles. The van der Waals surface area contributed by atoms with Gasteiger partial charge in [0.15, 0.2) is 0 Å². The molecule has 0 saturated carbocycles. The Bertz CT molecular complexity index is 689. The third-order valence-electron chi connectivity index (χ3n) is 3.35. The molecule has 0 aliphatic carbocycles. The van der Waals surface area contributed by atoms with Gasteiger partial charge in [0.1, 0.15) is 0 Å². The summed E-state index contributed by atoms with van der Waals surface area (Å²) in [6.07, 6.45) is 0.639.